The van der Waals surface area contributed by atoms with Crippen LogP contribution in [0.15, 0.2) is 29.2 Å². The molecule has 2 fully saturated rings. The number of nitrogens with zero attached hydrogens (tertiary/aromatic N) is 2. The standard InChI is InChI=1S/C19H26N2O5S/c1-19(2)10-5-11-21(19)17(22)14-8-12-20(13-9-14)27(25,26)16-7-4-3-6-15(16)18(23)24/h3-4,6-7,14H,5,8-13H2,1-2H3,(H,23,24). The van der Waals surface area contributed by atoms with Gasteiger partial charge in [0.1, 0.15) is 0 Å². The van der Waals surface area contributed by atoms with Crippen molar-refractivity contribution < 1.29 is 23.1 Å². The van der Waals surface area contributed by atoms with E-state index in [1.807, 2.05) is 4.90 Å². The van der Waals surface area contributed by atoms with E-state index in [2.05, 4.69) is 13.8 Å². The molecule has 27 heavy (non-hydrogen) atoms. The molecule has 0 saturated carbocycles. The minimum atomic E-state index is -3.90. The van der Waals surface area contributed by atoms with Gasteiger partial charge in [-0.05, 0) is 51.7 Å². The summed E-state index contributed by atoms with van der Waals surface area (Å²) in [7, 11) is -3.90. The molecule has 148 valence electrons. The molecule has 0 radical (unpaired) electrons. The van der Waals surface area contributed by atoms with Gasteiger partial charge in [-0.25, -0.2) is 13.2 Å². The molecule has 0 atom stereocenters. The van der Waals surface area contributed by atoms with Crippen LogP contribution in [-0.4, -0.2) is 59.8 Å². The summed E-state index contributed by atoms with van der Waals surface area (Å²) >= 11 is 0. The minimum Gasteiger partial charge on any atom is -0.478 e. The lowest BCUT2D eigenvalue weighted by atomic mass is 9.94. The van der Waals surface area contributed by atoms with Crippen molar-refractivity contribution >= 4 is 21.9 Å². The number of aromatic carboxylic acids is 1. The van der Waals surface area contributed by atoms with Crippen LogP contribution < -0.4 is 0 Å². The maximum Gasteiger partial charge on any atom is 0.337 e. The number of piperidine rings is 1. The van der Waals surface area contributed by atoms with Crippen LogP contribution in [0.2, 0.25) is 0 Å². The van der Waals surface area contributed by atoms with Crippen molar-refractivity contribution in [2.24, 2.45) is 5.92 Å². The van der Waals surface area contributed by atoms with Crippen molar-refractivity contribution in [2.75, 3.05) is 19.6 Å². The number of hydrogen-bond donors (Lipinski definition) is 1. The van der Waals surface area contributed by atoms with E-state index in [9.17, 15) is 23.1 Å². The van der Waals surface area contributed by atoms with Gasteiger partial charge in [-0.15, -0.1) is 0 Å². The molecule has 2 aliphatic rings. The van der Waals surface area contributed by atoms with E-state index in [1.54, 1.807) is 0 Å². The van der Waals surface area contributed by atoms with Crippen molar-refractivity contribution in [1.29, 1.82) is 0 Å². The Kier molecular flexibility index (Phi) is 5.31. The first-order chi connectivity index (χ1) is 12.6. The summed E-state index contributed by atoms with van der Waals surface area (Å²) in [4.78, 5) is 26.0. The van der Waals surface area contributed by atoms with Crippen LogP contribution in [-0.2, 0) is 14.8 Å². The highest BCUT2D eigenvalue weighted by atomic mass is 32.2. The fraction of sp³-hybridized carbons (Fsp3) is 0.579. The SMILES string of the molecule is CC1(C)CCCN1C(=O)C1CCN(S(=O)(=O)c2ccccc2C(=O)O)CC1. The monoisotopic (exact) mass is 394 g/mol. The fourth-order valence-electron chi connectivity index (χ4n) is 4.09. The summed E-state index contributed by atoms with van der Waals surface area (Å²) in [5, 5.41) is 9.28. The van der Waals surface area contributed by atoms with Gasteiger partial charge < -0.3 is 10.0 Å². The second-order valence-electron chi connectivity index (χ2n) is 7.89. The molecule has 0 aromatic heterocycles. The van der Waals surface area contributed by atoms with Gasteiger partial charge in [0.15, 0.2) is 0 Å². The molecule has 7 nitrogen and oxygen atoms in total. The number of carboxylic acids is 1. The number of hydrogen-bond acceptors (Lipinski definition) is 4. The third-order valence-electron chi connectivity index (χ3n) is 5.71. The number of benzene rings is 1. The largest absolute Gasteiger partial charge is 0.478 e. The number of carbonyl (C=O) groups is 2. The highest BCUT2D eigenvalue weighted by molar-refractivity contribution is 7.89. The Balaban J connectivity index is 1.72. The van der Waals surface area contributed by atoms with Crippen LogP contribution in [0.25, 0.3) is 0 Å². The molecule has 1 amide bonds. The number of amides is 1. The third-order valence-corrected chi connectivity index (χ3v) is 7.66. The normalized spacial score (nSPS) is 21.3. The summed E-state index contributed by atoms with van der Waals surface area (Å²) in [6.45, 7) is 5.35. The fourth-order valence-corrected chi connectivity index (χ4v) is 5.74. The van der Waals surface area contributed by atoms with Gasteiger partial charge in [0.05, 0.1) is 10.5 Å². The van der Waals surface area contributed by atoms with Crippen molar-refractivity contribution in [3.8, 4) is 0 Å². The second kappa shape index (κ2) is 7.24. The molecule has 1 N–H and O–H groups in total. The molecular weight excluding hydrogens is 368 g/mol. The van der Waals surface area contributed by atoms with Crippen LogP contribution in [0.1, 0.15) is 49.9 Å². The molecule has 3 rings (SSSR count). The van der Waals surface area contributed by atoms with E-state index in [4.69, 9.17) is 0 Å². The zero-order valence-electron chi connectivity index (χ0n) is 15.7. The number of rotatable bonds is 4. The van der Waals surface area contributed by atoms with Gasteiger partial charge in [0.2, 0.25) is 15.9 Å². The summed E-state index contributed by atoms with van der Waals surface area (Å²) in [5.74, 6) is -1.33. The van der Waals surface area contributed by atoms with Gasteiger partial charge in [0, 0.05) is 31.1 Å². The number of carboxylic acid groups (broad SMARTS) is 1. The molecule has 0 unspecified atom stereocenters. The predicted molar refractivity (Wildman–Crippen MR) is 99.9 cm³/mol. The molecule has 2 saturated heterocycles. The summed E-state index contributed by atoms with van der Waals surface area (Å²) < 4.78 is 27.1. The lowest BCUT2D eigenvalue weighted by Crippen LogP contribution is -2.49. The molecule has 1 aromatic carbocycles. The first kappa shape index (κ1) is 19.8. The number of carbonyl (C=O) groups excluding carboxylic acids is 1. The zero-order valence-corrected chi connectivity index (χ0v) is 16.5. The Hall–Kier alpha value is -1.93. The lowest BCUT2D eigenvalue weighted by Gasteiger charge is -2.37. The molecule has 0 aliphatic carbocycles. The van der Waals surface area contributed by atoms with Gasteiger partial charge in [-0.2, -0.15) is 4.31 Å². The maximum atomic E-state index is 12.9. The van der Waals surface area contributed by atoms with Gasteiger partial charge >= 0.3 is 5.97 Å². The molecule has 8 heteroatoms. The average molecular weight is 394 g/mol. The van der Waals surface area contributed by atoms with Crippen molar-refractivity contribution in [3.63, 3.8) is 0 Å². The van der Waals surface area contributed by atoms with E-state index in [-0.39, 0.29) is 40.9 Å². The molecule has 0 spiro atoms. The Morgan fingerprint density at radius 3 is 2.30 bits per heavy atom. The third kappa shape index (κ3) is 3.73. The first-order valence-corrected chi connectivity index (χ1v) is 10.7. The van der Waals surface area contributed by atoms with E-state index in [0.717, 1.165) is 19.4 Å². The Morgan fingerprint density at radius 2 is 1.74 bits per heavy atom. The summed E-state index contributed by atoms with van der Waals surface area (Å²) in [5.41, 5.74) is -0.365. The van der Waals surface area contributed by atoms with Crippen LogP contribution in [0.5, 0.6) is 0 Å². The smallest absolute Gasteiger partial charge is 0.337 e. The molecule has 1 aromatic rings. The highest BCUT2D eigenvalue weighted by Gasteiger charge is 2.40. The van der Waals surface area contributed by atoms with Crippen LogP contribution in [0, 0.1) is 5.92 Å². The van der Waals surface area contributed by atoms with Gasteiger partial charge in [-0.1, -0.05) is 12.1 Å². The summed E-state index contributed by atoms with van der Waals surface area (Å²) in [6.07, 6.45) is 2.90. The van der Waals surface area contributed by atoms with Crippen molar-refractivity contribution in [2.45, 2.75) is 50.0 Å². The maximum absolute atomic E-state index is 12.9. The quantitative estimate of drug-likeness (QED) is 0.845. The topological polar surface area (TPSA) is 95.0 Å². The lowest BCUT2D eigenvalue weighted by molar-refractivity contribution is -0.140. The van der Waals surface area contributed by atoms with Crippen molar-refractivity contribution in [1.82, 2.24) is 9.21 Å². The first-order valence-electron chi connectivity index (χ1n) is 9.28. The average Bonchev–Trinajstić information content (AvgIpc) is 3.00. The van der Waals surface area contributed by atoms with Gasteiger partial charge in [-0.3, -0.25) is 4.79 Å². The number of sulfonamides is 1. The zero-order chi connectivity index (χ0) is 19.8. The number of likely N-dealkylation sites (tertiary alicyclic amines) is 1. The highest BCUT2D eigenvalue weighted by Crippen LogP contribution is 2.33. The van der Waals surface area contributed by atoms with E-state index >= 15 is 0 Å². The molecular formula is C19H26N2O5S. The Labute approximate surface area is 160 Å². The van der Waals surface area contributed by atoms with Crippen LogP contribution in [0.3, 0.4) is 0 Å². The van der Waals surface area contributed by atoms with E-state index in [1.165, 1.54) is 28.6 Å². The van der Waals surface area contributed by atoms with E-state index in [0.29, 0.717) is 12.8 Å². The minimum absolute atomic E-state index is 0.112. The molecule has 2 heterocycles. The van der Waals surface area contributed by atoms with Gasteiger partial charge in [0.25, 0.3) is 0 Å². The van der Waals surface area contributed by atoms with Crippen LogP contribution in [0.4, 0.5) is 0 Å². The Bertz CT molecular complexity index is 841. The molecule has 2 aliphatic heterocycles. The van der Waals surface area contributed by atoms with Crippen LogP contribution >= 0.6 is 0 Å². The van der Waals surface area contributed by atoms with Crippen molar-refractivity contribution in [3.05, 3.63) is 29.8 Å². The Morgan fingerprint density at radius 1 is 1.11 bits per heavy atom. The van der Waals surface area contributed by atoms with E-state index < -0.39 is 16.0 Å². The molecule has 0 bridgehead atoms. The predicted octanol–water partition coefficient (Wildman–Crippen LogP) is 2.19. The second-order valence-corrected chi connectivity index (χ2v) is 9.79. The summed E-state index contributed by atoms with van der Waals surface area (Å²) in [6, 6.07) is 5.64.